The Morgan fingerprint density at radius 1 is 1.23 bits per heavy atom. The number of carbonyl (C=O) groups is 1. The van der Waals surface area contributed by atoms with Crippen molar-refractivity contribution in [3.05, 3.63) is 76.1 Å². The Kier molecular flexibility index (Phi) is 6.20. The molecule has 0 spiro atoms. The summed E-state index contributed by atoms with van der Waals surface area (Å²) in [5.41, 5.74) is 1.38. The Balaban J connectivity index is 1.66. The first kappa shape index (κ1) is 20.7. The fraction of sp³-hybridized carbons (Fsp3) is 0.158. The van der Waals surface area contributed by atoms with E-state index in [1.165, 1.54) is 36.2 Å². The van der Waals surface area contributed by atoms with E-state index in [0.29, 0.717) is 17.8 Å². The van der Waals surface area contributed by atoms with Gasteiger partial charge in [-0.15, -0.1) is 0 Å². The van der Waals surface area contributed by atoms with Gasteiger partial charge >= 0.3 is 12.3 Å². The van der Waals surface area contributed by atoms with Gasteiger partial charge in [-0.3, -0.25) is 19.6 Å². The van der Waals surface area contributed by atoms with E-state index in [1.807, 2.05) is 0 Å². The molecule has 156 valence electrons. The molecule has 11 heteroatoms. The number of nitrogens with zero attached hydrogens (tertiary/aromatic N) is 3. The summed E-state index contributed by atoms with van der Waals surface area (Å²) >= 11 is 0. The van der Waals surface area contributed by atoms with Gasteiger partial charge in [0.05, 0.1) is 18.6 Å². The number of hydrogen-bond donors (Lipinski definition) is 1. The van der Waals surface area contributed by atoms with Crippen molar-refractivity contribution in [2.24, 2.45) is 0 Å². The number of rotatable bonds is 8. The van der Waals surface area contributed by atoms with Gasteiger partial charge in [0.2, 0.25) is 0 Å². The van der Waals surface area contributed by atoms with Crippen LogP contribution in [0, 0.1) is 10.1 Å². The fourth-order valence-electron chi connectivity index (χ4n) is 2.62. The molecule has 0 bridgehead atoms. The van der Waals surface area contributed by atoms with Crippen LogP contribution in [0.5, 0.6) is 11.5 Å². The Morgan fingerprint density at radius 2 is 1.97 bits per heavy atom. The quantitative estimate of drug-likeness (QED) is 0.441. The van der Waals surface area contributed by atoms with E-state index in [2.05, 4.69) is 15.2 Å². The number of halogens is 2. The molecule has 2 aromatic carbocycles. The highest BCUT2D eigenvalue weighted by atomic mass is 19.3. The average Bonchev–Trinajstić information content (AvgIpc) is 3.18. The van der Waals surface area contributed by atoms with Crippen LogP contribution in [0.15, 0.2) is 54.9 Å². The standard InChI is InChI=1S/C19H16F2N4O5/c1-29-17-8-14(6-7-16(17)30-19(20)21)23-18(26)13-4-2-12(3-5-13)10-24-11-15(9-22-24)25(27)28/h2-9,11,19H,10H2,1H3,(H,23,26). The van der Waals surface area contributed by atoms with E-state index in [0.717, 1.165) is 11.8 Å². The van der Waals surface area contributed by atoms with Crippen LogP contribution in [0.4, 0.5) is 20.2 Å². The molecule has 9 nitrogen and oxygen atoms in total. The average molecular weight is 418 g/mol. The molecule has 3 rings (SSSR count). The second kappa shape index (κ2) is 8.99. The Bertz CT molecular complexity index is 1050. The van der Waals surface area contributed by atoms with Gasteiger partial charge in [-0.25, -0.2) is 0 Å². The topological polar surface area (TPSA) is 109 Å². The third kappa shape index (κ3) is 5.07. The summed E-state index contributed by atoms with van der Waals surface area (Å²) < 4.78 is 35.5. The number of alkyl halides is 2. The van der Waals surface area contributed by atoms with Crippen molar-refractivity contribution in [2.45, 2.75) is 13.2 Å². The largest absolute Gasteiger partial charge is 0.493 e. The van der Waals surface area contributed by atoms with Gasteiger partial charge in [0.15, 0.2) is 11.5 Å². The molecule has 0 radical (unpaired) electrons. The third-order valence-electron chi connectivity index (χ3n) is 4.03. The molecule has 0 aliphatic rings. The fourth-order valence-corrected chi connectivity index (χ4v) is 2.62. The lowest BCUT2D eigenvalue weighted by molar-refractivity contribution is -0.385. The highest BCUT2D eigenvalue weighted by molar-refractivity contribution is 6.04. The van der Waals surface area contributed by atoms with Gasteiger partial charge in [-0.05, 0) is 29.8 Å². The van der Waals surface area contributed by atoms with Crippen molar-refractivity contribution in [3.8, 4) is 11.5 Å². The number of benzene rings is 2. The van der Waals surface area contributed by atoms with Gasteiger partial charge in [0.25, 0.3) is 5.91 Å². The molecular weight excluding hydrogens is 402 g/mol. The van der Waals surface area contributed by atoms with Crippen molar-refractivity contribution in [1.29, 1.82) is 0 Å². The molecule has 30 heavy (non-hydrogen) atoms. The van der Waals surface area contributed by atoms with Crippen LogP contribution in [0.25, 0.3) is 0 Å². The lowest BCUT2D eigenvalue weighted by Gasteiger charge is -2.12. The minimum atomic E-state index is -2.99. The number of amides is 1. The molecule has 1 heterocycles. The summed E-state index contributed by atoms with van der Waals surface area (Å²) in [5, 5.41) is 17.3. The first-order chi connectivity index (χ1) is 14.4. The molecule has 0 unspecified atom stereocenters. The monoisotopic (exact) mass is 418 g/mol. The van der Waals surface area contributed by atoms with E-state index >= 15 is 0 Å². The number of nitrogens with one attached hydrogen (secondary N) is 1. The number of carbonyl (C=O) groups excluding carboxylic acids is 1. The summed E-state index contributed by atoms with van der Waals surface area (Å²) in [6, 6.07) is 10.6. The zero-order chi connectivity index (χ0) is 21.7. The normalized spacial score (nSPS) is 10.7. The maximum absolute atomic E-state index is 12.4. The maximum atomic E-state index is 12.4. The highest BCUT2D eigenvalue weighted by Crippen LogP contribution is 2.31. The predicted molar refractivity (Wildman–Crippen MR) is 102 cm³/mol. The van der Waals surface area contributed by atoms with Crippen LogP contribution >= 0.6 is 0 Å². The van der Waals surface area contributed by atoms with E-state index in [9.17, 15) is 23.7 Å². The lowest BCUT2D eigenvalue weighted by atomic mass is 10.1. The van der Waals surface area contributed by atoms with Crippen molar-refractivity contribution in [1.82, 2.24) is 9.78 Å². The SMILES string of the molecule is COc1cc(NC(=O)c2ccc(Cn3cc([N+](=O)[O-])cn3)cc2)ccc1OC(F)F. The molecule has 1 N–H and O–H groups in total. The van der Waals surface area contributed by atoms with Crippen molar-refractivity contribution in [2.75, 3.05) is 12.4 Å². The smallest absolute Gasteiger partial charge is 0.387 e. The number of ether oxygens (including phenoxy) is 2. The zero-order valence-electron chi connectivity index (χ0n) is 15.6. The van der Waals surface area contributed by atoms with E-state index < -0.39 is 17.4 Å². The molecule has 0 saturated carbocycles. The number of methoxy groups -OCH3 is 1. The van der Waals surface area contributed by atoms with Crippen LogP contribution in [0.3, 0.4) is 0 Å². The van der Waals surface area contributed by atoms with Crippen molar-refractivity contribution >= 4 is 17.3 Å². The summed E-state index contributed by atoms with van der Waals surface area (Å²) in [4.78, 5) is 22.6. The summed E-state index contributed by atoms with van der Waals surface area (Å²) in [6.07, 6.45) is 2.48. The second-order valence-corrected chi connectivity index (χ2v) is 6.05. The molecule has 0 aliphatic carbocycles. The van der Waals surface area contributed by atoms with Crippen molar-refractivity contribution in [3.63, 3.8) is 0 Å². The van der Waals surface area contributed by atoms with Crippen molar-refractivity contribution < 1.29 is 28.0 Å². The Hall–Kier alpha value is -4.02. The van der Waals surface area contributed by atoms with Crippen LogP contribution in [-0.4, -0.2) is 34.3 Å². The molecule has 0 fully saturated rings. The first-order valence-electron chi connectivity index (χ1n) is 8.55. The molecular formula is C19H16F2N4O5. The Morgan fingerprint density at radius 3 is 2.57 bits per heavy atom. The molecule has 1 aromatic heterocycles. The van der Waals surface area contributed by atoms with Gasteiger partial charge in [-0.1, -0.05) is 12.1 Å². The predicted octanol–water partition coefficient (Wildman–Crippen LogP) is 3.70. The molecule has 0 atom stereocenters. The number of anilines is 1. The number of aromatic nitrogens is 2. The molecule has 3 aromatic rings. The van der Waals surface area contributed by atoms with E-state index in [4.69, 9.17) is 4.74 Å². The second-order valence-electron chi connectivity index (χ2n) is 6.05. The summed E-state index contributed by atoms with van der Waals surface area (Å²) in [7, 11) is 1.30. The first-order valence-corrected chi connectivity index (χ1v) is 8.55. The van der Waals surface area contributed by atoms with Gasteiger partial charge < -0.3 is 14.8 Å². The lowest BCUT2D eigenvalue weighted by Crippen LogP contribution is -2.12. The summed E-state index contributed by atoms with van der Waals surface area (Å²) in [5.74, 6) is -0.508. The third-order valence-corrected chi connectivity index (χ3v) is 4.03. The van der Waals surface area contributed by atoms with E-state index in [-0.39, 0.29) is 17.2 Å². The number of nitro groups is 1. The zero-order valence-corrected chi connectivity index (χ0v) is 15.6. The Labute approximate surface area is 169 Å². The molecule has 0 saturated heterocycles. The van der Waals surface area contributed by atoms with Gasteiger partial charge in [-0.2, -0.15) is 13.9 Å². The van der Waals surface area contributed by atoms with Crippen LogP contribution in [-0.2, 0) is 6.54 Å². The molecule has 1 amide bonds. The van der Waals surface area contributed by atoms with Crippen LogP contribution < -0.4 is 14.8 Å². The minimum absolute atomic E-state index is 0.0526. The molecule has 0 aliphatic heterocycles. The maximum Gasteiger partial charge on any atom is 0.387 e. The van der Waals surface area contributed by atoms with Gasteiger partial charge in [0, 0.05) is 17.3 Å². The van der Waals surface area contributed by atoms with Crippen LogP contribution in [0.1, 0.15) is 15.9 Å². The summed E-state index contributed by atoms with van der Waals surface area (Å²) in [6.45, 7) is -2.69. The van der Waals surface area contributed by atoms with E-state index in [1.54, 1.807) is 24.3 Å². The minimum Gasteiger partial charge on any atom is -0.493 e. The highest BCUT2D eigenvalue weighted by Gasteiger charge is 2.13. The van der Waals surface area contributed by atoms with Gasteiger partial charge in [0.1, 0.15) is 12.4 Å². The van der Waals surface area contributed by atoms with Crippen LogP contribution in [0.2, 0.25) is 0 Å². The number of hydrogen-bond acceptors (Lipinski definition) is 6.